The van der Waals surface area contributed by atoms with Crippen LogP contribution < -0.4 is 5.32 Å². The molecule has 4 aliphatic rings. The van der Waals surface area contributed by atoms with E-state index in [2.05, 4.69) is 15.0 Å². The van der Waals surface area contributed by atoms with Gasteiger partial charge in [-0.3, -0.25) is 9.69 Å². The summed E-state index contributed by atoms with van der Waals surface area (Å²) in [7, 11) is 1.25. The molecule has 4 N–H and O–H groups in total. The van der Waals surface area contributed by atoms with Crippen molar-refractivity contribution in [3.63, 3.8) is 0 Å². The number of rotatable bonds is 5. The zero-order valence-corrected chi connectivity index (χ0v) is 18.9. The van der Waals surface area contributed by atoms with Crippen molar-refractivity contribution >= 4 is 11.9 Å². The topological polar surface area (TPSA) is 119 Å². The number of methoxy groups -OCH3 is 1. The molecule has 2 saturated carbocycles. The van der Waals surface area contributed by atoms with Gasteiger partial charge in [-0.2, -0.15) is 0 Å². The lowest BCUT2D eigenvalue weighted by molar-refractivity contribution is -0.171. The molecule has 0 spiro atoms. The normalized spacial score (nSPS) is 33.3. The number of carbonyl (C=O) groups is 2. The largest absolute Gasteiger partial charge is 0.504 e. The number of ether oxygens (including phenoxy) is 1. The fourth-order valence-electron chi connectivity index (χ4n) is 6.64. The maximum Gasteiger partial charge on any atom is 0.330 e. The number of aliphatic hydroxyl groups is 1. The summed E-state index contributed by atoms with van der Waals surface area (Å²) in [4.78, 5) is 26.2. The Balaban J connectivity index is 1.49. The van der Waals surface area contributed by atoms with Gasteiger partial charge in [0, 0.05) is 41.8 Å². The Morgan fingerprint density at radius 3 is 2.73 bits per heavy atom. The van der Waals surface area contributed by atoms with E-state index < -0.39 is 22.9 Å². The predicted molar refractivity (Wildman–Crippen MR) is 120 cm³/mol. The summed E-state index contributed by atoms with van der Waals surface area (Å²) >= 11 is 0. The zero-order chi connectivity index (χ0) is 23.4. The summed E-state index contributed by atoms with van der Waals surface area (Å²) in [6.45, 7) is 1.79. The van der Waals surface area contributed by atoms with E-state index in [-0.39, 0.29) is 23.6 Å². The smallest absolute Gasteiger partial charge is 0.330 e. The monoisotopic (exact) mass is 456 g/mol. The van der Waals surface area contributed by atoms with Crippen LogP contribution in [0.3, 0.4) is 0 Å². The number of phenols is 2. The number of hydrogen-bond acceptors (Lipinski definition) is 7. The lowest BCUT2D eigenvalue weighted by Crippen LogP contribution is -2.74. The second-order valence-electron chi connectivity index (χ2n) is 10.2. The zero-order valence-electron chi connectivity index (χ0n) is 18.9. The molecule has 0 radical (unpaired) electrons. The Kier molecular flexibility index (Phi) is 5.40. The highest BCUT2D eigenvalue weighted by Gasteiger charge is 2.65. The Labute approximate surface area is 193 Å². The van der Waals surface area contributed by atoms with Gasteiger partial charge in [-0.15, -0.1) is 0 Å². The van der Waals surface area contributed by atoms with E-state index in [1.54, 1.807) is 0 Å². The van der Waals surface area contributed by atoms with Crippen LogP contribution in [0.1, 0.15) is 49.7 Å². The average molecular weight is 457 g/mol. The second kappa shape index (κ2) is 8.02. The third-order valence-electron chi connectivity index (χ3n) is 8.36. The molecule has 1 aromatic rings. The van der Waals surface area contributed by atoms with E-state index in [0.29, 0.717) is 43.6 Å². The Bertz CT molecular complexity index is 1000. The number of esters is 1. The number of carbonyl (C=O) groups excluding carboxylic acids is 2. The van der Waals surface area contributed by atoms with E-state index in [4.69, 9.17) is 0 Å². The molecule has 1 aliphatic heterocycles. The molecule has 33 heavy (non-hydrogen) atoms. The van der Waals surface area contributed by atoms with E-state index in [9.17, 15) is 24.9 Å². The van der Waals surface area contributed by atoms with Crippen molar-refractivity contribution in [2.45, 2.75) is 68.0 Å². The van der Waals surface area contributed by atoms with Gasteiger partial charge in [0.15, 0.2) is 11.5 Å². The number of fused-ring (bicyclic) bond motifs is 1. The number of likely N-dealkylation sites (tertiary alicyclic amines) is 1. The number of phenolic OH excluding ortho intramolecular Hbond substituents is 2. The number of hydrogen-bond donors (Lipinski definition) is 4. The summed E-state index contributed by atoms with van der Waals surface area (Å²) in [5, 5.41) is 36.5. The van der Waals surface area contributed by atoms with Crippen LogP contribution in [0.2, 0.25) is 0 Å². The highest BCUT2D eigenvalue weighted by Crippen LogP contribution is 2.61. The molecule has 4 atom stereocenters. The maximum absolute atomic E-state index is 12.4. The number of benzene rings is 1. The fourth-order valence-corrected chi connectivity index (χ4v) is 6.64. The molecule has 1 heterocycles. The van der Waals surface area contributed by atoms with E-state index in [0.717, 1.165) is 30.8 Å². The minimum Gasteiger partial charge on any atom is -0.504 e. The minimum absolute atomic E-state index is 0.0563. The third-order valence-corrected chi connectivity index (χ3v) is 8.36. The van der Waals surface area contributed by atoms with Crippen LogP contribution in [0.4, 0.5) is 0 Å². The quantitative estimate of drug-likeness (QED) is 0.301. The summed E-state index contributed by atoms with van der Waals surface area (Å²) in [5.74, 6) is -0.637. The summed E-state index contributed by atoms with van der Waals surface area (Å²) in [6.07, 6.45) is 7.53. The Hall–Kier alpha value is -2.58. The van der Waals surface area contributed by atoms with E-state index in [1.165, 1.54) is 26.0 Å². The molecule has 5 rings (SSSR count). The van der Waals surface area contributed by atoms with Crippen molar-refractivity contribution in [2.24, 2.45) is 5.92 Å². The lowest BCUT2D eigenvalue weighted by Gasteiger charge is -2.64. The molecule has 178 valence electrons. The van der Waals surface area contributed by atoms with Crippen molar-refractivity contribution in [3.8, 4) is 11.5 Å². The Morgan fingerprint density at radius 1 is 1.21 bits per heavy atom. The molecule has 1 aromatic carbocycles. The van der Waals surface area contributed by atoms with E-state index >= 15 is 0 Å². The molecule has 1 amide bonds. The maximum atomic E-state index is 12.4. The molecule has 0 aromatic heterocycles. The van der Waals surface area contributed by atoms with Crippen molar-refractivity contribution in [3.05, 3.63) is 35.4 Å². The average Bonchev–Trinajstić information content (AvgIpc) is 3.60. The van der Waals surface area contributed by atoms with Gasteiger partial charge in [0.05, 0.1) is 12.7 Å². The number of nitrogens with one attached hydrogen (secondary N) is 1. The van der Waals surface area contributed by atoms with Gasteiger partial charge in [-0.25, -0.2) is 4.79 Å². The molecule has 8 heteroatoms. The first-order chi connectivity index (χ1) is 15.8. The van der Waals surface area contributed by atoms with Crippen LogP contribution in [0.25, 0.3) is 0 Å². The van der Waals surface area contributed by atoms with Gasteiger partial charge in [0.25, 0.3) is 0 Å². The van der Waals surface area contributed by atoms with Crippen LogP contribution in [0, 0.1) is 5.92 Å². The van der Waals surface area contributed by atoms with Gasteiger partial charge in [0.1, 0.15) is 0 Å². The first-order valence-electron chi connectivity index (χ1n) is 11.8. The van der Waals surface area contributed by atoms with E-state index in [1.807, 2.05) is 6.07 Å². The van der Waals surface area contributed by atoms with Crippen LogP contribution in [-0.2, 0) is 26.2 Å². The van der Waals surface area contributed by atoms with Crippen LogP contribution in [-0.4, -0.2) is 70.0 Å². The number of amides is 1. The molecule has 1 saturated heterocycles. The molecule has 3 fully saturated rings. The van der Waals surface area contributed by atoms with Gasteiger partial charge >= 0.3 is 5.97 Å². The minimum atomic E-state index is -1.05. The van der Waals surface area contributed by atoms with Gasteiger partial charge in [0.2, 0.25) is 5.91 Å². The molecule has 2 bridgehead atoms. The van der Waals surface area contributed by atoms with Crippen LogP contribution >= 0.6 is 0 Å². The van der Waals surface area contributed by atoms with Crippen molar-refractivity contribution in [1.82, 2.24) is 10.2 Å². The Morgan fingerprint density at radius 2 is 2.00 bits per heavy atom. The highest BCUT2D eigenvalue weighted by molar-refractivity contribution is 5.94. The highest BCUT2D eigenvalue weighted by atomic mass is 16.5. The third kappa shape index (κ3) is 3.60. The number of aromatic hydroxyl groups is 2. The number of piperidine rings is 1. The standard InChI is InChI=1S/C25H32N2O6/c1-33-21(30)7-6-20(29)26-17-8-9-25(32)19-12-16-4-5-18(28)23(31)22(16)24(25,13-17)10-11-27(19)14-15-2-3-15/h4-7,15,17,19,28,31-32H,2-3,8-14H2,1H3,(H,26,29)/b7-6+/t17-,19-,24-,25-/m0/s1. The molecular formula is C25H32N2O6. The van der Waals surface area contributed by atoms with Crippen molar-refractivity contribution in [1.29, 1.82) is 0 Å². The first-order valence-corrected chi connectivity index (χ1v) is 11.8. The van der Waals surface area contributed by atoms with Gasteiger partial charge in [-0.05, 0) is 69.0 Å². The van der Waals surface area contributed by atoms with Crippen molar-refractivity contribution in [2.75, 3.05) is 20.2 Å². The number of nitrogens with zero attached hydrogens (tertiary/aromatic N) is 1. The first kappa shape index (κ1) is 22.2. The van der Waals surface area contributed by atoms with Crippen molar-refractivity contribution < 1.29 is 29.6 Å². The molecule has 8 nitrogen and oxygen atoms in total. The summed E-state index contributed by atoms with van der Waals surface area (Å²) < 4.78 is 4.54. The van der Waals surface area contributed by atoms with Crippen LogP contribution in [0.15, 0.2) is 24.3 Å². The second-order valence-corrected chi connectivity index (χ2v) is 10.2. The predicted octanol–water partition coefficient (Wildman–Crippen LogP) is 1.50. The SMILES string of the molecule is COC(=O)/C=C/C(=O)N[C@H]1CC[C@]2(O)[C@@H]3Cc4ccc(O)c(O)c4[C@]2(CCN3CC2CC2)C1. The summed E-state index contributed by atoms with van der Waals surface area (Å²) in [6, 6.07) is 3.10. The molecular weight excluding hydrogens is 424 g/mol. The molecule has 0 unspecified atom stereocenters. The fraction of sp³-hybridized carbons (Fsp3) is 0.600. The van der Waals surface area contributed by atoms with Gasteiger partial charge in [-0.1, -0.05) is 6.07 Å². The van der Waals surface area contributed by atoms with Crippen LogP contribution in [0.5, 0.6) is 11.5 Å². The van der Waals surface area contributed by atoms with Gasteiger partial charge < -0.3 is 25.4 Å². The summed E-state index contributed by atoms with van der Waals surface area (Å²) in [5.41, 5.74) is -0.230. The lowest BCUT2D eigenvalue weighted by atomic mass is 9.48. The molecule has 3 aliphatic carbocycles.